The second-order valence-electron chi connectivity index (χ2n) is 8.57. The summed E-state index contributed by atoms with van der Waals surface area (Å²) in [5.41, 5.74) is 7.83. The number of amides is 1. The van der Waals surface area contributed by atoms with E-state index in [2.05, 4.69) is 16.5 Å². The molecule has 0 aliphatic carbocycles. The maximum absolute atomic E-state index is 14.0. The minimum Gasteiger partial charge on any atom is -0.454 e. The lowest BCUT2D eigenvalue weighted by Gasteiger charge is -2.32. The minimum atomic E-state index is -1.07. The van der Waals surface area contributed by atoms with Crippen molar-refractivity contribution >= 4 is 22.8 Å². The smallest absolute Gasteiger partial charge is 0.263 e. The molecule has 2 N–H and O–H groups in total. The molecule has 37 heavy (non-hydrogen) atoms. The Labute approximate surface area is 210 Å². The van der Waals surface area contributed by atoms with Crippen LogP contribution in [0.15, 0.2) is 60.9 Å². The highest BCUT2D eigenvalue weighted by atomic mass is 19.2. The third-order valence-corrected chi connectivity index (χ3v) is 6.21. The molecule has 1 amide bonds. The summed E-state index contributed by atoms with van der Waals surface area (Å²) in [6.07, 6.45) is 2.82. The molecule has 1 fully saturated rings. The lowest BCUT2D eigenvalue weighted by molar-refractivity contribution is -0.128. The van der Waals surface area contributed by atoms with Crippen molar-refractivity contribution in [2.24, 2.45) is 0 Å². The van der Waals surface area contributed by atoms with Gasteiger partial charge < -0.3 is 15.4 Å². The average molecular weight is 501 g/mol. The summed E-state index contributed by atoms with van der Waals surface area (Å²) in [4.78, 5) is 22.6. The van der Waals surface area contributed by atoms with E-state index in [1.807, 2.05) is 6.07 Å². The van der Waals surface area contributed by atoms with Crippen LogP contribution in [0, 0.1) is 23.0 Å². The lowest BCUT2D eigenvalue weighted by atomic mass is 10.0. The number of piperidine rings is 1. The van der Waals surface area contributed by atoms with E-state index in [0.29, 0.717) is 41.1 Å². The second kappa shape index (κ2) is 9.66. The molecule has 2 aromatic heterocycles. The number of ether oxygens (including phenoxy) is 1. The van der Waals surface area contributed by atoms with Crippen molar-refractivity contribution in [2.45, 2.75) is 18.9 Å². The predicted octanol–water partition coefficient (Wildman–Crippen LogP) is 4.39. The molecule has 3 heterocycles. The van der Waals surface area contributed by atoms with Gasteiger partial charge in [-0.1, -0.05) is 12.6 Å². The van der Waals surface area contributed by atoms with Gasteiger partial charge in [-0.2, -0.15) is 14.8 Å². The molecule has 5 rings (SSSR count). The number of likely N-dealkylation sites (tertiary alicyclic amines) is 1. The molecule has 186 valence electrons. The summed E-state index contributed by atoms with van der Waals surface area (Å²) in [5, 5.41) is 14.4. The lowest BCUT2D eigenvalue weighted by Crippen LogP contribution is -2.41. The van der Waals surface area contributed by atoms with Gasteiger partial charge in [-0.05, 0) is 49.2 Å². The van der Waals surface area contributed by atoms with E-state index in [1.165, 1.54) is 18.5 Å². The van der Waals surface area contributed by atoms with Crippen LogP contribution in [0.5, 0.6) is 11.5 Å². The normalized spacial score (nSPS) is 15.4. The summed E-state index contributed by atoms with van der Waals surface area (Å²) in [7, 11) is 0. The molecule has 1 atom stereocenters. The van der Waals surface area contributed by atoms with Gasteiger partial charge in [-0.15, -0.1) is 0 Å². The number of rotatable bonds is 5. The highest BCUT2D eigenvalue weighted by Gasteiger charge is 2.29. The van der Waals surface area contributed by atoms with Gasteiger partial charge in [0, 0.05) is 18.7 Å². The van der Waals surface area contributed by atoms with Crippen molar-refractivity contribution in [3.8, 4) is 28.8 Å². The molecule has 11 heteroatoms. The Balaban J connectivity index is 1.48. The standard InChI is InChI=1S/C26H21F2N7O2/c1-15(12-29)26(36)34-11-3-4-17(13-34)35-25-21(24(30)31-14-32-25)23(33-35)16-7-9-18(10-8-16)37-20-6-2-5-19(27)22(20)28/h2,5-10,14,17H,1,3-4,11,13H2,(H2,30,31,32)/t17-/m1/s1. The number of aromatic nitrogens is 4. The highest BCUT2D eigenvalue weighted by molar-refractivity contribution is 5.98. The quantitative estimate of drug-likeness (QED) is 0.318. The topological polar surface area (TPSA) is 123 Å². The Morgan fingerprint density at radius 3 is 2.73 bits per heavy atom. The molecule has 0 saturated carbocycles. The van der Waals surface area contributed by atoms with Crippen LogP contribution in [0.1, 0.15) is 18.9 Å². The molecule has 2 aromatic carbocycles. The fourth-order valence-electron chi connectivity index (χ4n) is 4.40. The first kappa shape index (κ1) is 23.9. The van der Waals surface area contributed by atoms with Gasteiger partial charge >= 0.3 is 0 Å². The van der Waals surface area contributed by atoms with Crippen molar-refractivity contribution in [2.75, 3.05) is 18.8 Å². The fourth-order valence-corrected chi connectivity index (χ4v) is 4.40. The van der Waals surface area contributed by atoms with E-state index in [9.17, 15) is 13.6 Å². The van der Waals surface area contributed by atoms with Gasteiger partial charge in [0.2, 0.25) is 5.82 Å². The van der Waals surface area contributed by atoms with Gasteiger partial charge in [-0.25, -0.2) is 19.0 Å². The van der Waals surface area contributed by atoms with Crippen molar-refractivity contribution < 1.29 is 18.3 Å². The Morgan fingerprint density at radius 2 is 1.97 bits per heavy atom. The molecule has 1 aliphatic rings. The zero-order valence-electron chi connectivity index (χ0n) is 19.6. The number of nitriles is 1. The van der Waals surface area contributed by atoms with Crippen LogP contribution in [0.4, 0.5) is 14.6 Å². The third-order valence-electron chi connectivity index (χ3n) is 6.21. The SMILES string of the molecule is C=C(C#N)C(=O)N1CCC[C@@H](n2nc(-c3ccc(Oc4cccc(F)c4F)cc3)c3c(N)ncnc32)C1. The maximum Gasteiger partial charge on any atom is 0.263 e. The number of hydrogen-bond acceptors (Lipinski definition) is 7. The zero-order chi connectivity index (χ0) is 26.1. The van der Waals surface area contributed by atoms with Gasteiger partial charge in [-0.3, -0.25) is 4.79 Å². The van der Waals surface area contributed by atoms with Crippen LogP contribution in [0.2, 0.25) is 0 Å². The summed E-state index contributed by atoms with van der Waals surface area (Å²) in [6, 6.07) is 12.0. The molecular weight excluding hydrogens is 480 g/mol. The number of nitrogen functional groups attached to an aromatic ring is 1. The van der Waals surface area contributed by atoms with Crippen molar-refractivity contribution in [3.05, 3.63) is 72.6 Å². The molecule has 0 spiro atoms. The van der Waals surface area contributed by atoms with Crippen LogP contribution in [0.3, 0.4) is 0 Å². The van der Waals surface area contributed by atoms with Crippen LogP contribution in [-0.4, -0.2) is 43.6 Å². The number of anilines is 1. The molecule has 4 aromatic rings. The Kier molecular flexibility index (Phi) is 6.23. The summed E-state index contributed by atoms with van der Waals surface area (Å²) in [5.74, 6) is -2.14. The number of nitrogens with zero attached hydrogens (tertiary/aromatic N) is 6. The second-order valence-corrected chi connectivity index (χ2v) is 8.57. The molecule has 9 nitrogen and oxygen atoms in total. The molecular formula is C26H21F2N7O2. The molecule has 0 radical (unpaired) electrons. The molecule has 0 bridgehead atoms. The average Bonchev–Trinajstić information content (AvgIpc) is 3.32. The number of halogens is 2. The van der Waals surface area contributed by atoms with Gasteiger partial charge in [0.05, 0.1) is 11.4 Å². The number of benzene rings is 2. The first-order valence-electron chi connectivity index (χ1n) is 11.5. The predicted molar refractivity (Wildman–Crippen MR) is 131 cm³/mol. The van der Waals surface area contributed by atoms with E-state index in [1.54, 1.807) is 33.8 Å². The highest BCUT2D eigenvalue weighted by Crippen LogP contribution is 2.35. The van der Waals surface area contributed by atoms with Crippen LogP contribution in [0.25, 0.3) is 22.3 Å². The number of fused-ring (bicyclic) bond motifs is 1. The first-order valence-corrected chi connectivity index (χ1v) is 11.5. The molecule has 0 unspecified atom stereocenters. The Bertz CT molecular complexity index is 1560. The summed E-state index contributed by atoms with van der Waals surface area (Å²) >= 11 is 0. The number of carbonyl (C=O) groups excluding carboxylic acids is 1. The van der Waals surface area contributed by atoms with E-state index in [0.717, 1.165) is 18.9 Å². The van der Waals surface area contributed by atoms with Crippen molar-refractivity contribution in [1.82, 2.24) is 24.6 Å². The number of carbonyl (C=O) groups is 1. The third kappa shape index (κ3) is 4.45. The minimum absolute atomic E-state index is 0.112. The Morgan fingerprint density at radius 1 is 1.19 bits per heavy atom. The van der Waals surface area contributed by atoms with Gasteiger partial charge in [0.1, 0.15) is 35.2 Å². The molecule has 1 aliphatic heterocycles. The van der Waals surface area contributed by atoms with Crippen LogP contribution < -0.4 is 10.5 Å². The number of hydrogen-bond donors (Lipinski definition) is 1. The van der Waals surface area contributed by atoms with E-state index in [4.69, 9.17) is 20.8 Å². The summed E-state index contributed by atoms with van der Waals surface area (Å²) in [6.45, 7) is 4.39. The fraction of sp³-hybridized carbons (Fsp3) is 0.192. The number of nitrogens with two attached hydrogens (primary N) is 1. The van der Waals surface area contributed by atoms with Gasteiger partial charge in [0.15, 0.2) is 17.2 Å². The van der Waals surface area contributed by atoms with E-state index < -0.39 is 17.5 Å². The first-order chi connectivity index (χ1) is 17.9. The van der Waals surface area contributed by atoms with Crippen LogP contribution in [-0.2, 0) is 4.79 Å². The van der Waals surface area contributed by atoms with Crippen molar-refractivity contribution in [1.29, 1.82) is 5.26 Å². The maximum atomic E-state index is 14.0. The Hall–Kier alpha value is -4.85. The van der Waals surface area contributed by atoms with Gasteiger partial charge in [0.25, 0.3) is 5.91 Å². The van der Waals surface area contributed by atoms with Crippen LogP contribution >= 0.6 is 0 Å². The van der Waals surface area contributed by atoms with Crippen molar-refractivity contribution in [3.63, 3.8) is 0 Å². The molecule has 1 saturated heterocycles. The monoisotopic (exact) mass is 501 g/mol. The zero-order valence-corrected chi connectivity index (χ0v) is 19.6. The van der Waals surface area contributed by atoms with E-state index in [-0.39, 0.29) is 23.2 Å². The summed E-state index contributed by atoms with van der Waals surface area (Å²) < 4.78 is 34.7. The van der Waals surface area contributed by atoms with E-state index >= 15 is 0 Å². The largest absolute Gasteiger partial charge is 0.454 e.